The summed E-state index contributed by atoms with van der Waals surface area (Å²) in [5.74, 6) is -1.28. The number of carbonyl (C=O) groups is 3. The Balaban J connectivity index is 1.58. The van der Waals surface area contributed by atoms with E-state index in [1.54, 1.807) is 11.1 Å². The molecule has 0 saturated carbocycles. The van der Waals surface area contributed by atoms with Crippen molar-refractivity contribution in [3.05, 3.63) is 114 Å². The van der Waals surface area contributed by atoms with Gasteiger partial charge in [-0.05, 0) is 46.4 Å². The summed E-state index contributed by atoms with van der Waals surface area (Å²) in [7, 11) is 0. The number of benzene rings is 3. The molecular weight excluding hydrogens is 526 g/mol. The van der Waals surface area contributed by atoms with Gasteiger partial charge in [0.05, 0.1) is 0 Å². The summed E-state index contributed by atoms with van der Waals surface area (Å²) >= 11 is 0. The molecule has 0 unspecified atom stereocenters. The maximum atomic E-state index is 13.8. The molecule has 4 N–H and O–H groups in total. The lowest BCUT2D eigenvalue weighted by molar-refractivity contribution is -0.129. The molecule has 0 bridgehead atoms. The number of nitrogens with one attached hydrogen (secondary N) is 2. The number of nitrogens with zero attached hydrogens (tertiary/aromatic N) is 2. The fourth-order valence-corrected chi connectivity index (χ4v) is 4.98. The first-order valence-electron chi connectivity index (χ1n) is 14.4. The molecular formula is C34H39N5O3. The number of primary amides is 1. The number of hydrogen-bond acceptors (Lipinski definition) is 4. The standard InChI is InChI=1S/C34H39N5O3/c1-24(2)31(32(35)40)38-33(41)30(23-27-15-10-14-26-13-6-7-17-29(26)27)37-34(42)39(21-18-25-11-4-3-5-12-25)22-19-28-16-8-9-20-36-28/h3-17,20,24,30-31H,18-19,21-23H2,1-2H3,(H2,35,40)(H,37,42)(H,38,41)/t30-,31+/m1/s1. The lowest BCUT2D eigenvalue weighted by Gasteiger charge is -2.28. The van der Waals surface area contributed by atoms with Crippen LogP contribution in [-0.2, 0) is 28.9 Å². The van der Waals surface area contributed by atoms with Gasteiger partial charge < -0.3 is 21.3 Å². The van der Waals surface area contributed by atoms with E-state index >= 15 is 0 Å². The second-order valence-electron chi connectivity index (χ2n) is 10.8. The number of pyridine rings is 1. The van der Waals surface area contributed by atoms with Crippen LogP contribution in [0.2, 0.25) is 0 Å². The minimum absolute atomic E-state index is 0.207. The zero-order chi connectivity index (χ0) is 29.9. The van der Waals surface area contributed by atoms with Crippen molar-refractivity contribution in [1.29, 1.82) is 0 Å². The number of amides is 4. The average Bonchev–Trinajstić information content (AvgIpc) is 3.00. The Hall–Kier alpha value is -4.72. The highest BCUT2D eigenvalue weighted by Gasteiger charge is 2.29. The summed E-state index contributed by atoms with van der Waals surface area (Å²) in [6.45, 7) is 4.52. The molecule has 0 radical (unpaired) electrons. The van der Waals surface area contributed by atoms with Crippen LogP contribution in [0.15, 0.2) is 97.2 Å². The van der Waals surface area contributed by atoms with Crippen LogP contribution in [0.4, 0.5) is 4.79 Å². The van der Waals surface area contributed by atoms with Gasteiger partial charge in [0.25, 0.3) is 0 Å². The van der Waals surface area contributed by atoms with Crippen LogP contribution < -0.4 is 16.4 Å². The number of nitrogens with two attached hydrogens (primary N) is 1. The van der Waals surface area contributed by atoms with Crippen LogP contribution in [0, 0.1) is 5.92 Å². The summed E-state index contributed by atoms with van der Waals surface area (Å²) in [6, 6.07) is 27.4. The van der Waals surface area contributed by atoms with Gasteiger partial charge in [-0.3, -0.25) is 14.6 Å². The summed E-state index contributed by atoms with van der Waals surface area (Å²) in [6.07, 6.45) is 3.21. The molecule has 0 aliphatic rings. The Kier molecular flexibility index (Phi) is 10.6. The van der Waals surface area contributed by atoms with Crippen molar-refractivity contribution in [2.45, 2.75) is 45.2 Å². The van der Waals surface area contributed by atoms with E-state index in [9.17, 15) is 14.4 Å². The summed E-state index contributed by atoms with van der Waals surface area (Å²) in [5.41, 5.74) is 8.50. The predicted octanol–water partition coefficient (Wildman–Crippen LogP) is 4.27. The third-order valence-corrected chi connectivity index (χ3v) is 7.35. The lowest BCUT2D eigenvalue weighted by atomic mass is 9.97. The van der Waals surface area contributed by atoms with Crippen molar-refractivity contribution < 1.29 is 14.4 Å². The number of aromatic nitrogens is 1. The van der Waals surface area contributed by atoms with E-state index in [2.05, 4.69) is 15.6 Å². The van der Waals surface area contributed by atoms with Crippen LogP contribution >= 0.6 is 0 Å². The number of rotatable bonds is 13. The van der Waals surface area contributed by atoms with Gasteiger partial charge in [0.2, 0.25) is 11.8 Å². The first-order chi connectivity index (χ1) is 20.3. The van der Waals surface area contributed by atoms with Crippen molar-refractivity contribution >= 4 is 28.6 Å². The van der Waals surface area contributed by atoms with Gasteiger partial charge in [0, 0.05) is 37.8 Å². The van der Waals surface area contributed by atoms with E-state index in [0.717, 1.165) is 27.6 Å². The SMILES string of the molecule is CC(C)[C@H](NC(=O)[C@@H](Cc1cccc2ccccc12)NC(=O)N(CCc1ccccc1)CCc1ccccn1)C(N)=O. The molecule has 8 heteroatoms. The molecule has 0 fully saturated rings. The summed E-state index contributed by atoms with van der Waals surface area (Å²) < 4.78 is 0. The maximum Gasteiger partial charge on any atom is 0.318 e. The van der Waals surface area contributed by atoms with E-state index in [4.69, 9.17) is 5.73 Å². The first-order valence-corrected chi connectivity index (χ1v) is 14.4. The second-order valence-corrected chi connectivity index (χ2v) is 10.8. The molecule has 4 aromatic rings. The van der Waals surface area contributed by atoms with Gasteiger partial charge in [-0.2, -0.15) is 0 Å². The Morgan fingerprint density at radius 1 is 0.810 bits per heavy atom. The van der Waals surface area contributed by atoms with Gasteiger partial charge in [0.15, 0.2) is 0 Å². The molecule has 3 aromatic carbocycles. The summed E-state index contributed by atoms with van der Waals surface area (Å²) in [5, 5.41) is 7.81. The normalized spacial score (nSPS) is 12.5. The molecule has 1 aromatic heterocycles. The molecule has 8 nitrogen and oxygen atoms in total. The lowest BCUT2D eigenvalue weighted by Crippen LogP contribution is -2.57. The maximum absolute atomic E-state index is 13.8. The van der Waals surface area contributed by atoms with Gasteiger partial charge in [-0.1, -0.05) is 92.7 Å². The van der Waals surface area contributed by atoms with Gasteiger partial charge in [-0.15, -0.1) is 0 Å². The van der Waals surface area contributed by atoms with Crippen molar-refractivity contribution in [2.24, 2.45) is 11.7 Å². The molecule has 0 saturated heterocycles. The molecule has 4 rings (SSSR count). The molecule has 0 aliphatic carbocycles. The van der Waals surface area contributed by atoms with Gasteiger partial charge in [-0.25, -0.2) is 4.79 Å². The van der Waals surface area contributed by atoms with E-state index in [-0.39, 0.29) is 18.4 Å². The highest BCUT2D eigenvalue weighted by molar-refractivity contribution is 5.93. The zero-order valence-corrected chi connectivity index (χ0v) is 24.2. The van der Waals surface area contributed by atoms with Crippen LogP contribution in [0.25, 0.3) is 10.8 Å². The molecule has 2 atom stereocenters. The Labute approximate surface area is 247 Å². The molecule has 4 amide bonds. The van der Waals surface area contributed by atoms with E-state index in [1.165, 1.54) is 0 Å². The second kappa shape index (κ2) is 14.8. The number of hydrogen-bond donors (Lipinski definition) is 3. The van der Waals surface area contributed by atoms with Crippen LogP contribution in [0.3, 0.4) is 0 Å². The monoisotopic (exact) mass is 565 g/mol. The van der Waals surface area contributed by atoms with Gasteiger partial charge in [0.1, 0.15) is 12.1 Å². The molecule has 0 aliphatic heterocycles. The minimum atomic E-state index is -0.932. The molecule has 1 heterocycles. The largest absolute Gasteiger partial charge is 0.368 e. The Morgan fingerprint density at radius 3 is 2.21 bits per heavy atom. The van der Waals surface area contributed by atoms with Crippen molar-refractivity contribution in [3.8, 4) is 0 Å². The number of fused-ring (bicyclic) bond motifs is 1. The van der Waals surface area contributed by atoms with Crippen molar-refractivity contribution in [2.75, 3.05) is 13.1 Å². The topological polar surface area (TPSA) is 117 Å². The third-order valence-electron chi connectivity index (χ3n) is 7.35. The van der Waals surface area contributed by atoms with E-state index in [1.807, 2.05) is 105 Å². The highest BCUT2D eigenvalue weighted by Crippen LogP contribution is 2.20. The molecule has 42 heavy (non-hydrogen) atoms. The van der Waals surface area contributed by atoms with E-state index in [0.29, 0.717) is 25.9 Å². The van der Waals surface area contributed by atoms with Crippen LogP contribution in [0.1, 0.15) is 30.7 Å². The fourth-order valence-electron chi connectivity index (χ4n) is 4.98. The Bertz CT molecular complexity index is 1430. The number of urea groups is 1. The van der Waals surface area contributed by atoms with Crippen molar-refractivity contribution in [1.82, 2.24) is 20.5 Å². The van der Waals surface area contributed by atoms with Crippen LogP contribution in [0.5, 0.6) is 0 Å². The van der Waals surface area contributed by atoms with Gasteiger partial charge >= 0.3 is 6.03 Å². The average molecular weight is 566 g/mol. The predicted molar refractivity (Wildman–Crippen MR) is 166 cm³/mol. The number of carbonyl (C=O) groups excluding carboxylic acids is 3. The van der Waals surface area contributed by atoms with E-state index < -0.39 is 23.9 Å². The fraction of sp³-hybridized carbons (Fsp3) is 0.294. The Morgan fingerprint density at radius 2 is 1.50 bits per heavy atom. The van der Waals surface area contributed by atoms with Crippen molar-refractivity contribution in [3.63, 3.8) is 0 Å². The third kappa shape index (κ3) is 8.39. The van der Waals surface area contributed by atoms with Crippen LogP contribution in [-0.4, -0.2) is 52.9 Å². The molecule has 218 valence electrons. The summed E-state index contributed by atoms with van der Waals surface area (Å²) in [4.78, 5) is 45.7. The molecule has 0 spiro atoms. The quantitative estimate of drug-likeness (QED) is 0.224. The first kappa shape index (κ1) is 30.2. The minimum Gasteiger partial charge on any atom is -0.368 e. The highest BCUT2D eigenvalue weighted by atomic mass is 16.2. The smallest absolute Gasteiger partial charge is 0.318 e. The zero-order valence-electron chi connectivity index (χ0n) is 24.2.